The number of hydrogen-bond donors (Lipinski definition) is 1. The molecule has 0 radical (unpaired) electrons. The maximum Gasteiger partial charge on any atom is 0.124 e. The van der Waals surface area contributed by atoms with E-state index >= 15 is 0 Å². The largest absolute Gasteiger partial charge is 0.488 e. The topological polar surface area (TPSA) is 34.1 Å². The van der Waals surface area contributed by atoms with Crippen molar-refractivity contribution in [2.75, 3.05) is 7.05 Å². The number of benzene rings is 1. The third-order valence-electron chi connectivity index (χ3n) is 3.15. The van der Waals surface area contributed by atoms with Gasteiger partial charge in [0.25, 0.3) is 0 Å². The third-order valence-corrected chi connectivity index (χ3v) is 3.90. The van der Waals surface area contributed by atoms with Crippen LogP contribution < -0.4 is 10.1 Å². The molecule has 19 heavy (non-hydrogen) atoms. The van der Waals surface area contributed by atoms with Gasteiger partial charge in [-0.15, -0.1) is 11.3 Å². The van der Waals surface area contributed by atoms with Crippen molar-refractivity contribution in [2.24, 2.45) is 0 Å². The molecule has 1 unspecified atom stereocenters. The maximum atomic E-state index is 5.71. The number of aromatic nitrogens is 1. The van der Waals surface area contributed by atoms with E-state index in [-0.39, 0.29) is 0 Å². The van der Waals surface area contributed by atoms with Crippen LogP contribution in [0.5, 0.6) is 5.75 Å². The molecule has 0 spiro atoms. The van der Waals surface area contributed by atoms with E-state index in [1.54, 1.807) is 11.3 Å². The Morgan fingerprint density at radius 1 is 1.32 bits per heavy atom. The van der Waals surface area contributed by atoms with Crippen LogP contribution in [0.2, 0.25) is 0 Å². The van der Waals surface area contributed by atoms with Crippen LogP contribution in [0.15, 0.2) is 36.0 Å². The second kappa shape index (κ2) is 7.26. The summed E-state index contributed by atoms with van der Waals surface area (Å²) in [6.07, 6.45) is 4.09. The van der Waals surface area contributed by atoms with Crippen LogP contribution in [0.3, 0.4) is 0 Å². The zero-order valence-electron chi connectivity index (χ0n) is 11.4. The molecule has 0 saturated heterocycles. The lowest BCUT2D eigenvalue weighted by Crippen LogP contribution is -2.21. The third kappa shape index (κ3) is 4.65. The summed E-state index contributed by atoms with van der Waals surface area (Å²) in [4.78, 5) is 5.18. The molecule has 2 aromatic rings. The van der Waals surface area contributed by atoms with Gasteiger partial charge in [0.2, 0.25) is 0 Å². The fourth-order valence-electron chi connectivity index (χ4n) is 1.75. The summed E-state index contributed by atoms with van der Waals surface area (Å²) >= 11 is 1.62. The van der Waals surface area contributed by atoms with Gasteiger partial charge in [-0.2, -0.15) is 0 Å². The van der Waals surface area contributed by atoms with Crippen molar-refractivity contribution in [3.63, 3.8) is 0 Å². The van der Waals surface area contributed by atoms with Crippen LogP contribution in [-0.4, -0.2) is 18.1 Å². The van der Waals surface area contributed by atoms with E-state index < -0.39 is 0 Å². The van der Waals surface area contributed by atoms with E-state index in [0.717, 1.165) is 23.5 Å². The highest BCUT2D eigenvalue weighted by Gasteiger charge is 2.01. The summed E-state index contributed by atoms with van der Waals surface area (Å²) in [6, 6.07) is 8.93. The molecule has 0 aliphatic heterocycles. The summed E-state index contributed by atoms with van der Waals surface area (Å²) < 4.78 is 5.71. The Labute approximate surface area is 118 Å². The standard InChI is InChI=1S/C15H20N2OS/c1-12(16-2)3-4-13-5-7-14(8-6-13)18-10-15-9-17-11-19-15/h5-9,11-12,16H,3-4,10H2,1-2H3. The molecular weight excluding hydrogens is 256 g/mol. The van der Waals surface area contributed by atoms with Crippen LogP contribution in [0.1, 0.15) is 23.8 Å². The first kappa shape index (κ1) is 14.0. The van der Waals surface area contributed by atoms with Gasteiger partial charge in [-0.1, -0.05) is 12.1 Å². The summed E-state index contributed by atoms with van der Waals surface area (Å²) in [5.74, 6) is 0.916. The van der Waals surface area contributed by atoms with Crippen molar-refractivity contribution in [3.05, 3.63) is 46.4 Å². The molecule has 1 aromatic carbocycles. The Bertz CT molecular complexity index is 467. The van der Waals surface area contributed by atoms with E-state index in [1.165, 1.54) is 5.56 Å². The zero-order valence-corrected chi connectivity index (χ0v) is 12.2. The van der Waals surface area contributed by atoms with E-state index in [1.807, 2.05) is 30.9 Å². The fraction of sp³-hybridized carbons (Fsp3) is 0.400. The number of ether oxygens (including phenoxy) is 1. The molecule has 0 saturated carbocycles. The monoisotopic (exact) mass is 276 g/mol. The molecule has 1 atom stereocenters. The molecule has 0 aliphatic rings. The smallest absolute Gasteiger partial charge is 0.124 e. The lowest BCUT2D eigenvalue weighted by molar-refractivity contribution is 0.309. The van der Waals surface area contributed by atoms with Crippen LogP contribution in [0.4, 0.5) is 0 Å². The van der Waals surface area contributed by atoms with Gasteiger partial charge < -0.3 is 10.1 Å². The second-order valence-corrected chi connectivity index (χ2v) is 5.60. The first-order valence-electron chi connectivity index (χ1n) is 6.54. The minimum absolute atomic E-state index is 0.558. The highest BCUT2D eigenvalue weighted by Crippen LogP contribution is 2.16. The van der Waals surface area contributed by atoms with Gasteiger partial charge in [0.05, 0.1) is 10.4 Å². The second-order valence-electron chi connectivity index (χ2n) is 4.63. The Hall–Kier alpha value is -1.39. The lowest BCUT2D eigenvalue weighted by atomic mass is 10.1. The maximum absolute atomic E-state index is 5.71. The van der Waals surface area contributed by atoms with Gasteiger partial charge in [0.1, 0.15) is 12.4 Å². The van der Waals surface area contributed by atoms with Crippen LogP contribution in [0, 0.1) is 0 Å². The molecule has 0 bridgehead atoms. The summed E-state index contributed by atoms with van der Waals surface area (Å²) in [6.45, 7) is 2.80. The lowest BCUT2D eigenvalue weighted by Gasteiger charge is -2.10. The van der Waals surface area contributed by atoms with Crippen molar-refractivity contribution >= 4 is 11.3 Å². The number of aryl methyl sites for hydroxylation is 1. The molecule has 2 rings (SSSR count). The molecule has 4 heteroatoms. The number of thiazole rings is 1. The number of nitrogens with one attached hydrogen (secondary N) is 1. The Morgan fingerprint density at radius 3 is 2.74 bits per heavy atom. The average molecular weight is 276 g/mol. The predicted octanol–water partition coefficient (Wildman–Crippen LogP) is 3.26. The predicted molar refractivity (Wildman–Crippen MR) is 79.7 cm³/mol. The van der Waals surface area contributed by atoms with Gasteiger partial charge in [-0.3, -0.25) is 4.98 Å². The van der Waals surface area contributed by atoms with Gasteiger partial charge in [0.15, 0.2) is 0 Å². The molecule has 0 fully saturated rings. The molecule has 1 N–H and O–H groups in total. The van der Waals surface area contributed by atoms with Crippen molar-refractivity contribution in [2.45, 2.75) is 32.4 Å². The Balaban J connectivity index is 1.81. The SMILES string of the molecule is CNC(C)CCc1ccc(OCc2cncs2)cc1. The molecular formula is C15H20N2OS. The summed E-state index contributed by atoms with van der Waals surface area (Å²) in [5, 5.41) is 3.25. The highest BCUT2D eigenvalue weighted by atomic mass is 32.1. The van der Waals surface area contributed by atoms with Crippen molar-refractivity contribution in [1.82, 2.24) is 10.3 Å². The van der Waals surface area contributed by atoms with E-state index in [0.29, 0.717) is 12.6 Å². The van der Waals surface area contributed by atoms with Crippen LogP contribution in [0.25, 0.3) is 0 Å². The van der Waals surface area contributed by atoms with Crippen LogP contribution in [-0.2, 0) is 13.0 Å². The Morgan fingerprint density at radius 2 is 2.11 bits per heavy atom. The molecule has 102 valence electrons. The average Bonchev–Trinajstić information content (AvgIpc) is 2.97. The fourth-order valence-corrected chi connectivity index (χ4v) is 2.25. The molecule has 3 nitrogen and oxygen atoms in total. The quantitative estimate of drug-likeness (QED) is 0.843. The van der Waals surface area contributed by atoms with E-state index in [4.69, 9.17) is 4.74 Å². The normalized spacial score (nSPS) is 12.3. The minimum Gasteiger partial charge on any atom is -0.488 e. The summed E-state index contributed by atoms with van der Waals surface area (Å²) in [7, 11) is 2.00. The minimum atomic E-state index is 0.558. The van der Waals surface area contributed by atoms with Gasteiger partial charge >= 0.3 is 0 Å². The van der Waals surface area contributed by atoms with Crippen LogP contribution >= 0.6 is 11.3 Å². The van der Waals surface area contributed by atoms with E-state index in [2.05, 4.69) is 29.4 Å². The van der Waals surface area contributed by atoms with Gasteiger partial charge in [-0.25, -0.2) is 0 Å². The van der Waals surface area contributed by atoms with Crippen molar-refractivity contribution in [1.29, 1.82) is 0 Å². The number of hydrogen-bond acceptors (Lipinski definition) is 4. The first-order chi connectivity index (χ1) is 9.28. The van der Waals surface area contributed by atoms with Crippen molar-refractivity contribution < 1.29 is 4.74 Å². The molecule has 0 amide bonds. The molecule has 1 heterocycles. The zero-order chi connectivity index (χ0) is 13.5. The van der Waals surface area contributed by atoms with Gasteiger partial charge in [0, 0.05) is 12.2 Å². The highest BCUT2D eigenvalue weighted by molar-refractivity contribution is 7.09. The number of rotatable bonds is 7. The van der Waals surface area contributed by atoms with Gasteiger partial charge in [-0.05, 0) is 44.5 Å². The molecule has 0 aliphatic carbocycles. The Kier molecular flexibility index (Phi) is 5.36. The summed E-state index contributed by atoms with van der Waals surface area (Å²) in [5.41, 5.74) is 3.18. The first-order valence-corrected chi connectivity index (χ1v) is 7.42. The number of nitrogens with zero attached hydrogens (tertiary/aromatic N) is 1. The van der Waals surface area contributed by atoms with E-state index in [9.17, 15) is 0 Å². The van der Waals surface area contributed by atoms with Crippen molar-refractivity contribution in [3.8, 4) is 5.75 Å². The molecule has 1 aromatic heterocycles.